The van der Waals surface area contributed by atoms with Gasteiger partial charge in [-0.15, -0.1) is 0 Å². The van der Waals surface area contributed by atoms with Gasteiger partial charge in [-0.05, 0) is 48.0 Å². The van der Waals surface area contributed by atoms with E-state index in [4.69, 9.17) is 4.74 Å². The third-order valence-electron chi connectivity index (χ3n) is 5.33. The van der Waals surface area contributed by atoms with Crippen molar-refractivity contribution in [1.82, 2.24) is 15.6 Å². The van der Waals surface area contributed by atoms with Crippen molar-refractivity contribution in [3.8, 4) is 11.1 Å². The molecule has 4 amide bonds. The number of anilines is 2. The monoisotopic (exact) mass is 477 g/mol. The SMILES string of the molecule is CC(=O)NCC1CN(c2ccc(-c3ccc(NC(=O)NCc4ccccn4)cc3)c(F)c2)C(=O)O1. The Morgan fingerprint density at radius 2 is 1.91 bits per heavy atom. The van der Waals surface area contributed by atoms with Crippen molar-refractivity contribution in [2.24, 2.45) is 0 Å². The van der Waals surface area contributed by atoms with Gasteiger partial charge in [-0.2, -0.15) is 0 Å². The van der Waals surface area contributed by atoms with Crippen LogP contribution >= 0.6 is 0 Å². The standard InChI is InChI=1S/C25H24FN5O4/c1-16(32)28-14-21-15-31(25(34)35-21)20-9-10-22(23(26)12-20)17-5-7-18(8-6-17)30-24(33)29-13-19-4-2-3-11-27-19/h2-12,21H,13-15H2,1H3,(H,28,32)(H2,29,30,33). The van der Waals surface area contributed by atoms with Crippen LogP contribution in [0.15, 0.2) is 66.9 Å². The van der Waals surface area contributed by atoms with Gasteiger partial charge in [0.15, 0.2) is 0 Å². The summed E-state index contributed by atoms with van der Waals surface area (Å²) in [6, 6.07) is 16.3. The number of aromatic nitrogens is 1. The van der Waals surface area contributed by atoms with Gasteiger partial charge in [0.1, 0.15) is 11.9 Å². The Morgan fingerprint density at radius 1 is 1.11 bits per heavy atom. The number of carbonyl (C=O) groups excluding carboxylic acids is 3. The summed E-state index contributed by atoms with van der Waals surface area (Å²) in [4.78, 5) is 40.8. The average Bonchev–Trinajstić information content (AvgIpc) is 3.23. The van der Waals surface area contributed by atoms with E-state index in [2.05, 4.69) is 20.9 Å². The number of benzene rings is 2. The van der Waals surface area contributed by atoms with E-state index < -0.39 is 18.0 Å². The minimum Gasteiger partial charge on any atom is -0.442 e. The van der Waals surface area contributed by atoms with Crippen LogP contribution in [0.25, 0.3) is 11.1 Å². The highest BCUT2D eigenvalue weighted by Gasteiger charge is 2.32. The van der Waals surface area contributed by atoms with Gasteiger partial charge in [0.05, 0.1) is 31.0 Å². The number of nitrogens with one attached hydrogen (secondary N) is 3. The average molecular weight is 477 g/mol. The van der Waals surface area contributed by atoms with E-state index in [1.165, 1.54) is 17.9 Å². The quantitative estimate of drug-likeness (QED) is 0.481. The molecular formula is C25H24FN5O4. The van der Waals surface area contributed by atoms with E-state index in [1.807, 2.05) is 12.1 Å². The smallest absolute Gasteiger partial charge is 0.414 e. The molecular weight excluding hydrogens is 453 g/mol. The molecule has 9 nitrogen and oxygen atoms in total. The number of ether oxygens (including phenoxy) is 1. The van der Waals surface area contributed by atoms with Gasteiger partial charge in [0.2, 0.25) is 5.91 Å². The van der Waals surface area contributed by atoms with Crippen molar-refractivity contribution in [2.75, 3.05) is 23.3 Å². The fourth-order valence-corrected chi connectivity index (χ4v) is 3.58. The minimum absolute atomic E-state index is 0.194. The predicted molar refractivity (Wildman–Crippen MR) is 128 cm³/mol. The van der Waals surface area contributed by atoms with E-state index in [-0.39, 0.29) is 25.0 Å². The normalized spacial score (nSPS) is 14.9. The summed E-state index contributed by atoms with van der Waals surface area (Å²) in [7, 11) is 0. The zero-order valence-corrected chi connectivity index (χ0v) is 19.0. The maximum Gasteiger partial charge on any atom is 0.414 e. The number of rotatable bonds is 7. The zero-order valence-electron chi connectivity index (χ0n) is 19.0. The Labute approximate surface area is 201 Å². The second kappa shape index (κ2) is 10.6. The van der Waals surface area contributed by atoms with E-state index >= 15 is 0 Å². The van der Waals surface area contributed by atoms with Crippen LogP contribution in [0.5, 0.6) is 0 Å². The third-order valence-corrected chi connectivity index (χ3v) is 5.33. The van der Waals surface area contributed by atoms with Crippen molar-refractivity contribution in [3.63, 3.8) is 0 Å². The predicted octanol–water partition coefficient (Wildman–Crippen LogP) is 3.67. The molecule has 1 aromatic heterocycles. The highest BCUT2D eigenvalue weighted by Crippen LogP contribution is 2.29. The molecule has 0 saturated carbocycles. The number of urea groups is 1. The molecule has 0 radical (unpaired) electrons. The van der Waals surface area contributed by atoms with Crippen molar-refractivity contribution < 1.29 is 23.5 Å². The summed E-state index contributed by atoms with van der Waals surface area (Å²) in [5, 5.41) is 8.05. The molecule has 4 rings (SSSR count). The first-order valence-electron chi connectivity index (χ1n) is 11.0. The lowest BCUT2D eigenvalue weighted by molar-refractivity contribution is -0.119. The van der Waals surface area contributed by atoms with Crippen LogP contribution in [0.2, 0.25) is 0 Å². The molecule has 0 bridgehead atoms. The Balaban J connectivity index is 1.36. The van der Waals surface area contributed by atoms with Crippen LogP contribution in [0.3, 0.4) is 0 Å². The summed E-state index contributed by atoms with van der Waals surface area (Å²) in [6.07, 6.45) is 0.556. The third kappa shape index (κ3) is 6.11. The molecule has 1 aliphatic rings. The maximum atomic E-state index is 14.9. The fraction of sp³-hybridized carbons (Fsp3) is 0.200. The van der Waals surface area contributed by atoms with E-state index in [0.29, 0.717) is 29.0 Å². The topological polar surface area (TPSA) is 113 Å². The van der Waals surface area contributed by atoms with Gasteiger partial charge in [-0.1, -0.05) is 18.2 Å². The number of halogens is 1. The van der Waals surface area contributed by atoms with Crippen molar-refractivity contribution in [2.45, 2.75) is 19.6 Å². The maximum absolute atomic E-state index is 14.9. The highest BCUT2D eigenvalue weighted by atomic mass is 19.1. The largest absolute Gasteiger partial charge is 0.442 e. The Morgan fingerprint density at radius 3 is 2.60 bits per heavy atom. The summed E-state index contributed by atoms with van der Waals surface area (Å²) in [5.41, 5.74) is 2.62. The molecule has 2 heterocycles. The van der Waals surface area contributed by atoms with Crippen molar-refractivity contribution in [3.05, 3.63) is 78.4 Å². The molecule has 1 fully saturated rings. The van der Waals surface area contributed by atoms with Crippen LogP contribution in [-0.4, -0.2) is 42.2 Å². The summed E-state index contributed by atoms with van der Waals surface area (Å²) in [5.74, 6) is -0.726. The summed E-state index contributed by atoms with van der Waals surface area (Å²) in [6.45, 7) is 2.07. The molecule has 1 unspecified atom stereocenters. The first-order chi connectivity index (χ1) is 16.9. The van der Waals surface area contributed by atoms with Gasteiger partial charge < -0.3 is 20.7 Å². The number of amides is 4. The molecule has 1 aliphatic heterocycles. The van der Waals surface area contributed by atoms with E-state index in [1.54, 1.807) is 48.7 Å². The Hall–Kier alpha value is -4.47. The molecule has 3 N–H and O–H groups in total. The van der Waals surface area contributed by atoms with Crippen molar-refractivity contribution >= 4 is 29.4 Å². The molecule has 3 aromatic rings. The molecule has 35 heavy (non-hydrogen) atoms. The van der Waals surface area contributed by atoms with Gasteiger partial charge in [-0.25, -0.2) is 14.0 Å². The highest BCUT2D eigenvalue weighted by molar-refractivity contribution is 5.91. The Kier molecular flexibility index (Phi) is 7.20. The molecule has 1 atom stereocenters. The Bertz CT molecular complexity index is 1220. The van der Waals surface area contributed by atoms with Crippen LogP contribution in [-0.2, 0) is 16.1 Å². The number of cyclic esters (lactones) is 1. The van der Waals surface area contributed by atoms with Gasteiger partial charge in [0, 0.05) is 24.4 Å². The van der Waals surface area contributed by atoms with Crippen molar-refractivity contribution in [1.29, 1.82) is 0 Å². The molecule has 1 saturated heterocycles. The molecule has 0 aliphatic carbocycles. The fourth-order valence-electron chi connectivity index (χ4n) is 3.58. The lowest BCUT2D eigenvalue weighted by atomic mass is 10.0. The second-order valence-electron chi connectivity index (χ2n) is 7.92. The number of pyridine rings is 1. The lowest BCUT2D eigenvalue weighted by Gasteiger charge is -2.15. The van der Waals surface area contributed by atoms with Gasteiger partial charge >= 0.3 is 12.1 Å². The van der Waals surface area contributed by atoms with Crippen LogP contribution < -0.4 is 20.9 Å². The number of nitrogens with zero attached hydrogens (tertiary/aromatic N) is 2. The zero-order chi connectivity index (χ0) is 24.8. The first kappa shape index (κ1) is 23.7. The minimum atomic E-state index is -0.593. The van der Waals surface area contributed by atoms with E-state index in [0.717, 1.165) is 5.69 Å². The lowest BCUT2D eigenvalue weighted by Crippen LogP contribution is -2.33. The van der Waals surface area contributed by atoms with Gasteiger partial charge in [0.25, 0.3) is 0 Å². The first-order valence-corrected chi connectivity index (χ1v) is 11.0. The molecule has 10 heteroatoms. The van der Waals surface area contributed by atoms with Crippen LogP contribution in [0.1, 0.15) is 12.6 Å². The van der Waals surface area contributed by atoms with E-state index in [9.17, 15) is 18.8 Å². The van der Waals surface area contributed by atoms with Crippen LogP contribution in [0, 0.1) is 5.82 Å². The molecule has 0 spiro atoms. The summed E-state index contributed by atoms with van der Waals surface area (Å²) < 4.78 is 20.1. The number of hydrogen-bond donors (Lipinski definition) is 3. The molecule has 2 aromatic carbocycles. The number of hydrogen-bond acceptors (Lipinski definition) is 5. The number of carbonyl (C=O) groups is 3. The summed E-state index contributed by atoms with van der Waals surface area (Å²) >= 11 is 0. The van der Waals surface area contributed by atoms with Crippen LogP contribution in [0.4, 0.5) is 25.4 Å². The second-order valence-corrected chi connectivity index (χ2v) is 7.92. The molecule has 180 valence electrons. The van der Waals surface area contributed by atoms with Gasteiger partial charge in [-0.3, -0.25) is 14.7 Å².